The quantitative estimate of drug-likeness (QED) is 0.690. The summed E-state index contributed by atoms with van der Waals surface area (Å²) in [4.78, 5) is 8.36. The van der Waals surface area contributed by atoms with Gasteiger partial charge in [0.2, 0.25) is 11.6 Å². The second-order valence-corrected chi connectivity index (χ2v) is 6.36. The predicted octanol–water partition coefficient (Wildman–Crippen LogP) is 3.16. The first-order valence-electron chi connectivity index (χ1n) is 8.64. The zero-order valence-electron chi connectivity index (χ0n) is 15.5. The van der Waals surface area contributed by atoms with Gasteiger partial charge >= 0.3 is 0 Å². The van der Waals surface area contributed by atoms with Gasteiger partial charge in [0.1, 0.15) is 6.61 Å². The fraction of sp³-hybridized carbons (Fsp3) is 0.300. The number of pyridine rings is 1. The molecule has 4 rings (SSSR count). The molecule has 0 saturated heterocycles. The molecule has 0 saturated carbocycles. The topological polar surface area (TPSA) is 67.6 Å². The van der Waals surface area contributed by atoms with Crippen LogP contribution in [0.1, 0.15) is 22.8 Å². The monoisotopic (exact) mass is 367 g/mol. The van der Waals surface area contributed by atoms with Crippen LogP contribution in [-0.4, -0.2) is 35.4 Å². The maximum absolute atomic E-state index is 6.23. The van der Waals surface area contributed by atoms with Gasteiger partial charge in [-0.25, -0.2) is 9.97 Å². The lowest BCUT2D eigenvalue weighted by atomic mass is 10.1. The molecule has 1 unspecified atom stereocenters. The third-order valence-electron chi connectivity index (χ3n) is 4.56. The smallest absolute Gasteiger partial charge is 0.213 e. The van der Waals surface area contributed by atoms with Crippen LogP contribution in [-0.2, 0) is 6.54 Å². The molecule has 0 aliphatic carbocycles. The highest BCUT2D eigenvalue weighted by atomic mass is 16.6. The summed E-state index contributed by atoms with van der Waals surface area (Å²) in [5.74, 6) is 2.51. The zero-order valence-corrected chi connectivity index (χ0v) is 15.5. The first-order chi connectivity index (χ1) is 13.2. The van der Waals surface area contributed by atoms with Gasteiger partial charge in [-0.3, -0.25) is 0 Å². The lowest BCUT2D eigenvalue weighted by Crippen LogP contribution is -2.23. The molecule has 0 spiro atoms. The molecule has 0 bridgehead atoms. The number of aromatic nitrogens is 3. The number of ether oxygens (including phenoxy) is 4. The molecule has 7 nitrogen and oxygen atoms in total. The summed E-state index contributed by atoms with van der Waals surface area (Å²) < 4.78 is 25.0. The number of benzene rings is 1. The first kappa shape index (κ1) is 17.2. The van der Waals surface area contributed by atoms with E-state index in [0.717, 1.165) is 16.7 Å². The van der Waals surface area contributed by atoms with Gasteiger partial charge in [-0.15, -0.1) is 0 Å². The molecule has 2 aromatic heterocycles. The van der Waals surface area contributed by atoms with Crippen molar-refractivity contribution in [3.63, 3.8) is 0 Å². The lowest BCUT2D eigenvalue weighted by Gasteiger charge is -2.29. The van der Waals surface area contributed by atoms with Gasteiger partial charge < -0.3 is 23.5 Å². The number of rotatable bonds is 5. The molecule has 1 atom stereocenters. The number of nitrogens with zero attached hydrogens (tertiary/aromatic N) is 3. The molecule has 3 aromatic rings. The summed E-state index contributed by atoms with van der Waals surface area (Å²) in [5, 5.41) is 0. The van der Waals surface area contributed by atoms with Gasteiger partial charge in [0.15, 0.2) is 17.6 Å². The van der Waals surface area contributed by atoms with Crippen LogP contribution in [0.4, 0.5) is 0 Å². The fourth-order valence-corrected chi connectivity index (χ4v) is 3.17. The molecular weight excluding hydrogens is 346 g/mol. The fourth-order valence-electron chi connectivity index (χ4n) is 3.17. The zero-order chi connectivity index (χ0) is 18.8. The average molecular weight is 367 g/mol. The molecule has 27 heavy (non-hydrogen) atoms. The van der Waals surface area contributed by atoms with Gasteiger partial charge in [-0.05, 0) is 30.2 Å². The molecule has 0 radical (unpaired) electrons. The number of hydrogen-bond acceptors (Lipinski definition) is 6. The number of imidazole rings is 1. The van der Waals surface area contributed by atoms with E-state index in [1.807, 2.05) is 35.9 Å². The van der Waals surface area contributed by atoms with Gasteiger partial charge in [0.25, 0.3) is 0 Å². The Labute approximate surface area is 157 Å². The maximum atomic E-state index is 6.23. The lowest BCUT2D eigenvalue weighted by molar-refractivity contribution is 0.0862. The first-order valence-corrected chi connectivity index (χ1v) is 8.64. The van der Waals surface area contributed by atoms with Crippen LogP contribution >= 0.6 is 0 Å². The van der Waals surface area contributed by atoms with Crippen molar-refractivity contribution in [1.82, 2.24) is 14.5 Å². The Hall–Kier alpha value is -3.22. The molecule has 1 aromatic carbocycles. The molecule has 140 valence electrons. The third-order valence-corrected chi connectivity index (χ3v) is 4.56. The average Bonchev–Trinajstić information content (AvgIpc) is 3.20. The minimum Gasteiger partial charge on any atom is -0.493 e. The molecule has 3 heterocycles. The molecule has 0 amide bonds. The van der Waals surface area contributed by atoms with Crippen molar-refractivity contribution in [1.29, 1.82) is 0 Å². The van der Waals surface area contributed by atoms with Crippen LogP contribution in [0.5, 0.6) is 23.1 Å². The molecule has 1 aliphatic rings. The van der Waals surface area contributed by atoms with Crippen molar-refractivity contribution in [3.05, 3.63) is 59.8 Å². The van der Waals surface area contributed by atoms with Crippen LogP contribution < -0.4 is 18.9 Å². The van der Waals surface area contributed by atoms with Crippen LogP contribution in [0, 0.1) is 6.92 Å². The van der Waals surface area contributed by atoms with Crippen LogP contribution in [0.3, 0.4) is 0 Å². The van der Waals surface area contributed by atoms with E-state index in [4.69, 9.17) is 18.9 Å². The van der Waals surface area contributed by atoms with E-state index in [9.17, 15) is 0 Å². The van der Waals surface area contributed by atoms with E-state index in [-0.39, 0.29) is 6.10 Å². The Balaban J connectivity index is 1.62. The van der Waals surface area contributed by atoms with Crippen molar-refractivity contribution in [2.75, 3.05) is 20.8 Å². The Bertz CT molecular complexity index is 923. The molecule has 7 heteroatoms. The van der Waals surface area contributed by atoms with E-state index in [1.54, 1.807) is 32.9 Å². The number of methoxy groups -OCH3 is 2. The van der Waals surface area contributed by atoms with E-state index in [1.165, 1.54) is 0 Å². The van der Waals surface area contributed by atoms with Crippen LogP contribution in [0.25, 0.3) is 0 Å². The second kappa shape index (κ2) is 7.19. The summed E-state index contributed by atoms with van der Waals surface area (Å²) in [6, 6.07) is 5.83. The van der Waals surface area contributed by atoms with Crippen LogP contribution in [0.15, 0.2) is 43.1 Å². The second-order valence-electron chi connectivity index (χ2n) is 6.36. The standard InChI is InChI=1S/C20H21N3O4/c1-13-6-19(25-3)22-9-15(13)18-11-26-17-8-14(10-23-5-4-21-12-23)7-16(24-2)20(17)27-18/h4-9,12,18H,10-11H2,1-3H3. The van der Waals surface area contributed by atoms with E-state index < -0.39 is 0 Å². The number of fused-ring (bicyclic) bond motifs is 1. The Kier molecular flexibility index (Phi) is 4.58. The van der Waals surface area contributed by atoms with Gasteiger partial charge in [-0.2, -0.15) is 0 Å². The highest BCUT2D eigenvalue weighted by Crippen LogP contribution is 2.44. The summed E-state index contributed by atoms with van der Waals surface area (Å²) in [6.45, 7) is 3.08. The highest BCUT2D eigenvalue weighted by molar-refractivity contribution is 5.55. The van der Waals surface area contributed by atoms with Crippen molar-refractivity contribution < 1.29 is 18.9 Å². The molecule has 0 fully saturated rings. The summed E-state index contributed by atoms with van der Waals surface area (Å²) in [6.07, 6.45) is 6.96. The van der Waals surface area contributed by atoms with E-state index >= 15 is 0 Å². The molecule has 1 aliphatic heterocycles. The van der Waals surface area contributed by atoms with Crippen molar-refractivity contribution in [2.24, 2.45) is 0 Å². The SMILES string of the molecule is COc1cc(C)c(C2COc3cc(Cn4ccnc4)cc(OC)c3O2)cn1. The predicted molar refractivity (Wildman–Crippen MR) is 98.7 cm³/mol. The number of hydrogen-bond donors (Lipinski definition) is 0. The highest BCUT2D eigenvalue weighted by Gasteiger charge is 2.28. The largest absolute Gasteiger partial charge is 0.493 e. The minimum atomic E-state index is -0.260. The van der Waals surface area contributed by atoms with Gasteiger partial charge in [0.05, 0.1) is 20.5 Å². The van der Waals surface area contributed by atoms with Crippen LogP contribution in [0.2, 0.25) is 0 Å². The Morgan fingerprint density at radius 2 is 2.11 bits per heavy atom. The van der Waals surface area contributed by atoms with Crippen molar-refractivity contribution in [3.8, 4) is 23.1 Å². The Morgan fingerprint density at radius 1 is 1.22 bits per heavy atom. The summed E-state index contributed by atoms with van der Waals surface area (Å²) in [5.41, 5.74) is 3.05. The van der Waals surface area contributed by atoms with Crippen molar-refractivity contribution >= 4 is 0 Å². The van der Waals surface area contributed by atoms with E-state index in [2.05, 4.69) is 9.97 Å². The van der Waals surface area contributed by atoms with E-state index in [0.29, 0.717) is 36.3 Å². The maximum Gasteiger partial charge on any atom is 0.213 e. The summed E-state index contributed by atoms with van der Waals surface area (Å²) in [7, 11) is 3.23. The van der Waals surface area contributed by atoms with Gasteiger partial charge in [-0.1, -0.05) is 0 Å². The summed E-state index contributed by atoms with van der Waals surface area (Å²) >= 11 is 0. The molecule has 0 N–H and O–H groups in total. The normalized spacial score (nSPS) is 15.4. The minimum absolute atomic E-state index is 0.260. The Morgan fingerprint density at radius 3 is 2.81 bits per heavy atom. The van der Waals surface area contributed by atoms with Gasteiger partial charge in [0, 0.05) is 36.8 Å². The number of aryl methyl sites for hydroxylation is 1. The van der Waals surface area contributed by atoms with Crippen molar-refractivity contribution in [2.45, 2.75) is 19.6 Å². The third kappa shape index (κ3) is 3.40. The molecular formula is C20H21N3O4.